The Morgan fingerprint density at radius 3 is 2.82 bits per heavy atom. The molecule has 17 heavy (non-hydrogen) atoms. The van der Waals surface area contributed by atoms with Gasteiger partial charge in [0.2, 0.25) is 0 Å². The predicted molar refractivity (Wildman–Crippen MR) is 78.4 cm³/mol. The smallest absolute Gasteiger partial charge is 0.0639 e. The van der Waals surface area contributed by atoms with Crippen molar-refractivity contribution >= 4 is 49.1 Å². The van der Waals surface area contributed by atoms with Gasteiger partial charge in [0.15, 0.2) is 0 Å². The summed E-state index contributed by atoms with van der Waals surface area (Å²) in [6, 6.07) is 7.88. The predicted octanol–water partition coefficient (Wildman–Crippen LogP) is 4.87. The van der Waals surface area contributed by atoms with Crippen LogP contribution in [0, 0.1) is 0 Å². The third kappa shape index (κ3) is 3.44. The minimum atomic E-state index is 0.663. The summed E-state index contributed by atoms with van der Waals surface area (Å²) in [5.41, 5.74) is 2.04. The zero-order valence-corrected chi connectivity index (χ0v) is 12.7. The second kappa shape index (κ2) is 5.85. The molecule has 0 aliphatic heterocycles. The van der Waals surface area contributed by atoms with Crippen molar-refractivity contribution in [2.24, 2.45) is 0 Å². The van der Waals surface area contributed by atoms with Crippen LogP contribution in [0.5, 0.6) is 0 Å². The van der Waals surface area contributed by atoms with Crippen molar-refractivity contribution in [2.75, 3.05) is 5.32 Å². The Hall–Kier alpha value is -0.580. The lowest BCUT2D eigenvalue weighted by atomic mass is 10.2. The molecule has 0 radical (unpaired) electrons. The summed E-state index contributed by atoms with van der Waals surface area (Å²) in [7, 11) is 0. The molecule has 1 aromatic carbocycles. The number of hydrogen-bond acceptors (Lipinski definition) is 2. The molecule has 0 aliphatic rings. The third-order valence-electron chi connectivity index (χ3n) is 2.25. The van der Waals surface area contributed by atoms with E-state index >= 15 is 0 Å². The number of hydrogen-bond donors (Lipinski definition) is 1. The van der Waals surface area contributed by atoms with Crippen LogP contribution in [0.1, 0.15) is 5.56 Å². The summed E-state index contributed by atoms with van der Waals surface area (Å²) in [6.45, 7) is 0.663. The van der Waals surface area contributed by atoms with Crippen LogP contribution in [0.2, 0.25) is 5.02 Å². The van der Waals surface area contributed by atoms with E-state index in [2.05, 4.69) is 42.2 Å². The monoisotopic (exact) mass is 374 g/mol. The summed E-state index contributed by atoms with van der Waals surface area (Å²) in [6.07, 6.45) is 3.38. The first kappa shape index (κ1) is 12.9. The largest absolute Gasteiger partial charge is 0.380 e. The standard InChI is InChI=1S/C12H9Br2ClN2/c13-9-1-2-10(14)12(5-9)17-6-8-3-4-16-7-11(8)15/h1-5,7,17H,6H2. The summed E-state index contributed by atoms with van der Waals surface area (Å²) in [5.74, 6) is 0. The molecule has 0 fully saturated rings. The van der Waals surface area contributed by atoms with Crippen LogP contribution in [0.3, 0.4) is 0 Å². The molecule has 0 aliphatic carbocycles. The van der Waals surface area contributed by atoms with Gasteiger partial charge in [-0.15, -0.1) is 0 Å². The Morgan fingerprint density at radius 1 is 1.24 bits per heavy atom. The lowest BCUT2D eigenvalue weighted by Crippen LogP contribution is -2.00. The molecule has 0 bridgehead atoms. The van der Waals surface area contributed by atoms with Crippen molar-refractivity contribution in [3.05, 3.63) is 56.2 Å². The molecule has 0 atom stereocenters. The molecule has 0 amide bonds. The second-order valence-corrected chi connectivity index (χ2v) is 5.62. The maximum absolute atomic E-state index is 6.04. The fraction of sp³-hybridized carbons (Fsp3) is 0.0833. The van der Waals surface area contributed by atoms with Gasteiger partial charge in [-0.25, -0.2) is 0 Å². The maximum atomic E-state index is 6.04. The number of nitrogens with one attached hydrogen (secondary N) is 1. The molecule has 2 rings (SSSR count). The van der Waals surface area contributed by atoms with Gasteiger partial charge in [-0.2, -0.15) is 0 Å². The maximum Gasteiger partial charge on any atom is 0.0639 e. The van der Waals surface area contributed by atoms with Crippen LogP contribution in [-0.2, 0) is 6.54 Å². The first-order chi connectivity index (χ1) is 8.16. The van der Waals surface area contributed by atoms with Crippen molar-refractivity contribution in [3.63, 3.8) is 0 Å². The quantitative estimate of drug-likeness (QED) is 0.826. The number of pyridine rings is 1. The van der Waals surface area contributed by atoms with Gasteiger partial charge < -0.3 is 5.32 Å². The normalized spacial score (nSPS) is 10.3. The van der Waals surface area contributed by atoms with Gasteiger partial charge in [0, 0.05) is 33.6 Å². The number of aromatic nitrogens is 1. The van der Waals surface area contributed by atoms with E-state index in [1.165, 1.54) is 0 Å². The summed E-state index contributed by atoms with van der Waals surface area (Å²) in [5, 5.41) is 3.99. The fourth-order valence-electron chi connectivity index (χ4n) is 1.37. The van der Waals surface area contributed by atoms with E-state index in [9.17, 15) is 0 Å². The highest BCUT2D eigenvalue weighted by atomic mass is 79.9. The zero-order valence-electron chi connectivity index (χ0n) is 8.75. The molecule has 0 unspecified atom stereocenters. The van der Waals surface area contributed by atoms with Gasteiger partial charge in [0.1, 0.15) is 0 Å². The van der Waals surface area contributed by atoms with E-state index in [0.29, 0.717) is 11.6 Å². The minimum Gasteiger partial charge on any atom is -0.380 e. The number of anilines is 1. The fourth-order valence-corrected chi connectivity index (χ4v) is 2.30. The molecule has 0 saturated carbocycles. The highest BCUT2D eigenvalue weighted by Gasteiger charge is 2.02. The topological polar surface area (TPSA) is 24.9 Å². The van der Waals surface area contributed by atoms with Crippen LogP contribution in [0.25, 0.3) is 0 Å². The van der Waals surface area contributed by atoms with E-state index in [0.717, 1.165) is 20.2 Å². The van der Waals surface area contributed by atoms with Gasteiger partial charge in [0.05, 0.1) is 5.02 Å². The molecule has 0 saturated heterocycles. The number of rotatable bonds is 3. The lowest BCUT2D eigenvalue weighted by Gasteiger charge is -2.10. The highest BCUT2D eigenvalue weighted by molar-refractivity contribution is 9.11. The molecule has 1 aromatic heterocycles. The van der Waals surface area contributed by atoms with Crippen LogP contribution < -0.4 is 5.32 Å². The molecule has 88 valence electrons. The van der Waals surface area contributed by atoms with E-state index in [1.807, 2.05) is 24.3 Å². The Balaban J connectivity index is 2.12. The summed E-state index contributed by atoms with van der Waals surface area (Å²) in [4.78, 5) is 3.96. The molecular formula is C12H9Br2ClN2. The van der Waals surface area contributed by atoms with Crippen molar-refractivity contribution < 1.29 is 0 Å². The first-order valence-corrected chi connectivity index (χ1v) is 6.90. The van der Waals surface area contributed by atoms with Crippen molar-refractivity contribution in [2.45, 2.75) is 6.54 Å². The summed E-state index contributed by atoms with van der Waals surface area (Å²) >= 11 is 13.0. The van der Waals surface area contributed by atoms with E-state index < -0.39 is 0 Å². The van der Waals surface area contributed by atoms with Crippen LogP contribution >= 0.6 is 43.5 Å². The van der Waals surface area contributed by atoms with Gasteiger partial charge in [-0.1, -0.05) is 27.5 Å². The molecule has 1 N–H and O–H groups in total. The van der Waals surface area contributed by atoms with Gasteiger partial charge in [0.25, 0.3) is 0 Å². The van der Waals surface area contributed by atoms with Crippen molar-refractivity contribution in [3.8, 4) is 0 Å². The van der Waals surface area contributed by atoms with E-state index in [4.69, 9.17) is 11.6 Å². The van der Waals surface area contributed by atoms with Crippen LogP contribution in [0.4, 0.5) is 5.69 Å². The minimum absolute atomic E-state index is 0.663. The number of nitrogens with zero attached hydrogens (tertiary/aromatic N) is 1. The molecule has 2 nitrogen and oxygen atoms in total. The zero-order chi connectivity index (χ0) is 12.3. The Morgan fingerprint density at radius 2 is 2.06 bits per heavy atom. The average molecular weight is 376 g/mol. The van der Waals surface area contributed by atoms with Gasteiger partial charge in [-0.3, -0.25) is 4.98 Å². The van der Waals surface area contributed by atoms with E-state index in [1.54, 1.807) is 12.4 Å². The van der Waals surface area contributed by atoms with Crippen molar-refractivity contribution in [1.29, 1.82) is 0 Å². The van der Waals surface area contributed by atoms with Gasteiger partial charge in [-0.05, 0) is 45.8 Å². The molecule has 0 spiro atoms. The number of halogens is 3. The SMILES string of the molecule is Clc1cnccc1CNc1cc(Br)ccc1Br. The first-order valence-electron chi connectivity index (χ1n) is 4.94. The van der Waals surface area contributed by atoms with Gasteiger partial charge >= 0.3 is 0 Å². The third-order valence-corrected chi connectivity index (χ3v) is 3.78. The summed E-state index contributed by atoms with van der Waals surface area (Å²) < 4.78 is 2.05. The average Bonchev–Trinajstić information content (AvgIpc) is 2.32. The van der Waals surface area contributed by atoms with Crippen LogP contribution in [-0.4, -0.2) is 4.98 Å². The second-order valence-electron chi connectivity index (χ2n) is 3.44. The Bertz CT molecular complexity index is 532. The Labute approximate surface area is 122 Å². The number of benzene rings is 1. The Kier molecular flexibility index (Phi) is 4.42. The molecular weight excluding hydrogens is 367 g/mol. The van der Waals surface area contributed by atoms with Crippen molar-refractivity contribution in [1.82, 2.24) is 4.98 Å². The molecule has 2 aromatic rings. The molecule has 5 heteroatoms. The van der Waals surface area contributed by atoms with Crippen LogP contribution in [0.15, 0.2) is 45.6 Å². The lowest BCUT2D eigenvalue weighted by molar-refractivity contribution is 1.12. The molecule has 1 heterocycles. The highest BCUT2D eigenvalue weighted by Crippen LogP contribution is 2.27. The van der Waals surface area contributed by atoms with E-state index in [-0.39, 0.29) is 0 Å².